The quantitative estimate of drug-likeness (QED) is 0.346. The van der Waals surface area contributed by atoms with Crippen LogP contribution in [-0.4, -0.2) is 38.9 Å². The van der Waals surface area contributed by atoms with E-state index in [9.17, 15) is 9.59 Å². The largest absolute Gasteiger partial charge is 0.352 e. The van der Waals surface area contributed by atoms with Crippen LogP contribution in [0, 0.1) is 0 Å². The summed E-state index contributed by atoms with van der Waals surface area (Å²) in [6, 6.07) is 21.0. The molecule has 0 aliphatic heterocycles. The molecule has 2 aromatic carbocycles. The van der Waals surface area contributed by atoms with E-state index in [1.54, 1.807) is 35.6 Å². The lowest BCUT2D eigenvalue weighted by atomic mass is 10.2. The van der Waals surface area contributed by atoms with Gasteiger partial charge in [-0.05, 0) is 42.1 Å². The number of nitrogens with zero attached hydrogens (tertiary/aromatic N) is 3. The molecule has 2 aromatic heterocycles. The van der Waals surface area contributed by atoms with E-state index in [0.717, 1.165) is 16.3 Å². The Labute approximate surface area is 200 Å². The number of thiophene rings is 1. The molecule has 2 amide bonds. The van der Waals surface area contributed by atoms with Crippen LogP contribution in [0.1, 0.15) is 22.8 Å². The van der Waals surface area contributed by atoms with Crippen LogP contribution in [0.15, 0.2) is 77.3 Å². The number of carbonyl (C=O) groups is 2. The van der Waals surface area contributed by atoms with Crippen molar-refractivity contribution < 1.29 is 9.59 Å². The van der Waals surface area contributed by atoms with Gasteiger partial charge in [0.15, 0.2) is 11.0 Å². The Hall–Kier alpha value is -3.43. The molecular weight excluding hydrogens is 454 g/mol. The zero-order chi connectivity index (χ0) is 23.0. The number of benzene rings is 2. The maximum atomic E-state index is 12.6. The topological polar surface area (TPSA) is 88.9 Å². The van der Waals surface area contributed by atoms with Crippen molar-refractivity contribution in [3.05, 3.63) is 83.2 Å². The molecule has 0 fully saturated rings. The molecule has 9 heteroatoms. The van der Waals surface area contributed by atoms with E-state index in [2.05, 4.69) is 33.0 Å². The summed E-state index contributed by atoms with van der Waals surface area (Å²) in [5, 5.41) is 17.0. The summed E-state index contributed by atoms with van der Waals surface area (Å²) in [6.07, 6.45) is 0. The van der Waals surface area contributed by atoms with Crippen LogP contribution >= 0.6 is 23.1 Å². The molecule has 0 saturated carbocycles. The Morgan fingerprint density at radius 1 is 1.03 bits per heavy atom. The number of thioether (sulfide) groups is 1. The fraction of sp³-hybridized carbons (Fsp3) is 0.167. The van der Waals surface area contributed by atoms with Gasteiger partial charge in [0.2, 0.25) is 5.91 Å². The Morgan fingerprint density at radius 3 is 2.64 bits per heavy atom. The summed E-state index contributed by atoms with van der Waals surface area (Å²) in [7, 11) is 0. The van der Waals surface area contributed by atoms with Crippen LogP contribution in [0.4, 0.5) is 5.69 Å². The van der Waals surface area contributed by atoms with Crippen LogP contribution < -0.4 is 10.6 Å². The van der Waals surface area contributed by atoms with Crippen LogP contribution in [0.2, 0.25) is 0 Å². The number of amides is 2. The summed E-state index contributed by atoms with van der Waals surface area (Å²) in [4.78, 5) is 25.7. The van der Waals surface area contributed by atoms with E-state index in [0.29, 0.717) is 29.5 Å². The van der Waals surface area contributed by atoms with Crippen LogP contribution in [0.25, 0.3) is 10.7 Å². The minimum Gasteiger partial charge on any atom is -0.352 e. The summed E-state index contributed by atoms with van der Waals surface area (Å²) >= 11 is 2.94. The first kappa shape index (κ1) is 22.8. The minimum atomic E-state index is -0.181. The predicted molar refractivity (Wildman–Crippen MR) is 133 cm³/mol. The number of aromatic nitrogens is 3. The van der Waals surface area contributed by atoms with Gasteiger partial charge < -0.3 is 10.6 Å². The average molecular weight is 478 g/mol. The van der Waals surface area contributed by atoms with E-state index in [-0.39, 0.29) is 17.6 Å². The van der Waals surface area contributed by atoms with Gasteiger partial charge in [-0.15, -0.1) is 21.5 Å². The molecule has 0 radical (unpaired) electrons. The highest BCUT2D eigenvalue weighted by Gasteiger charge is 2.17. The van der Waals surface area contributed by atoms with E-state index in [4.69, 9.17) is 0 Å². The van der Waals surface area contributed by atoms with E-state index in [1.165, 1.54) is 11.8 Å². The van der Waals surface area contributed by atoms with Gasteiger partial charge in [0.25, 0.3) is 5.91 Å². The molecule has 0 bridgehead atoms. The molecular formula is C24H23N5O2S2. The molecule has 2 heterocycles. The zero-order valence-corrected chi connectivity index (χ0v) is 19.7. The first-order valence-electron chi connectivity index (χ1n) is 10.5. The van der Waals surface area contributed by atoms with Crippen LogP contribution in [0.3, 0.4) is 0 Å². The SMILES string of the molecule is CCNC(=O)c1cccc(NC(=O)CSc2nnc(-c3cccs3)n2Cc2ccccc2)c1. The summed E-state index contributed by atoms with van der Waals surface area (Å²) in [6.45, 7) is 3.02. The van der Waals surface area contributed by atoms with Gasteiger partial charge >= 0.3 is 0 Å². The number of carbonyl (C=O) groups excluding carboxylic acids is 2. The highest BCUT2D eigenvalue weighted by Crippen LogP contribution is 2.28. The van der Waals surface area contributed by atoms with E-state index in [1.807, 2.05) is 47.2 Å². The fourth-order valence-electron chi connectivity index (χ4n) is 3.22. The van der Waals surface area contributed by atoms with Crippen molar-refractivity contribution in [2.24, 2.45) is 0 Å². The van der Waals surface area contributed by atoms with Gasteiger partial charge in [-0.1, -0.05) is 54.2 Å². The standard InChI is InChI=1S/C24H23N5O2S2/c1-2-25-23(31)18-10-6-11-19(14-18)26-21(30)16-33-24-28-27-22(20-12-7-13-32-20)29(24)15-17-8-4-3-5-9-17/h3-14H,2,15-16H2,1H3,(H,25,31)(H,26,30). The highest BCUT2D eigenvalue weighted by atomic mass is 32.2. The molecule has 0 spiro atoms. The van der Waals surface area contributed by atoms with Gasteiger partial charge in [-0.25, -0.2) is 0 Å². The van der Waals surface area contributed by atoms with Gasteiger partial charge in [-0.3, -0.25) is 14.2 Å². The van der Waals surface area contributed by atoms with Crippen molar-refractivity contribution in [2.75, 3.05) is 17.6 Å². The van der Waals surface area contributed by atoms with Crippen molar-refractivity contribution in [2.45, 2.75) is 18.6 Å². The molecule has 0 atom stereocenters. The predicted octanol–water partition coefficient (Wildman–Crippen LogP) is 4.54. The summed E-state index contributed by atoms with van der Waals surface area (Å²) in [5.41, 5.74) is 2.21. The smallest absolute Gasteiger partial charge is 0.251 e. The van der Waals surface area contributed by atoms with Crippen LogP contribution in [-0.2, 0) is 11.3 Å². The Bertz CT molecular complexity index is 1220. The molecule has 4 aromatic rings. The molecule has 0 aliphatic rings. The second kappa shape index (κ2) is 10.9. The minimum absolute atomic E-state index is 0.168. The molecule has 7 nitrogen and oxygen atoms in total. The third-order valence-electron chi connectivity index (χ3n) is 4.72. The fourth-order valence-corrected chi connectivity index (χ4v) is 4.68. The van der Waals surface area contributed by atoms with Crippen molar-refractivity contribution in [1.29, 1.82) is 0 Å². The lowest BCUT2D eigenvalue weighted by Crippen LogP contribution is -2.23. The Balaban J connectivity index is 1.46. The maximum absolute atomic E-state index is 12.6. The number of anilines is 1. The molecule has 2 N–H and O–H groups in total. The first-order chi connectivity index (χ1) is 16.1. The lowest BCUT2D eigenvalue weighted by molar-refractivity contribution is -0.113. The normalized spacial score (nSPS) is 10.7. The van der Waals surface area contributed by atoms with Crippen molar-refractivity contribution in [3.8, 4) is 10.7 Å². The summed E-state index contributed by atoms with van der Waals surface area (Å²) in [5.74, 6) is 0.604. The highest BCUT2D eigenvalue weighted by molar-refractivity contribution is 7.99. The monoisotopic (exact) mass is 477 g/mol. The van der Waals surface area contributed by atoms with Gasteiger partial charge in [-0.2, -0.15) is 0 Å². The Kier molecular flexibility index (Phi) is 7.54. The average Bonchev–Trinajstić information content (AvgIpc) is 3.49. The van der Waals surface area contributed by atoms with Crippen molar-refractivity contribution >= 4 is 40.6 Å². The second-order valence-electron chi connectivity index (χ2n) is 7.13. The third-order valence-corrected chi connectivity index (χ3v) is 6.55. The van der Waals surface area contributed by atoms with E-state index < -0.39 is 0 Å². The first-order valence-corrected chi connectivity index (χ1v) is 12.3. The van der Waals surface area contributed by atoms with Crippen LogP contribution in [0.5, 0.6) is 0 Å². The summed E-state index contributed by atoms with van der Waals surface area (Å²) < 4.78 is 2.04. The number of rotatable bonds is 9. The number of nitrogens with one attached hydrogen (secondary N) is 2. The van der Waals surface area contributed by atoms with Gasteiger partial charge in [0.1, 0.15) is 0 Å². The Morgan fingerprint density at radius 2 is 1.88 bits per heavy atom. The van der Waals surface area contributed by atoms with Crippen molar-refractivity contribution in [1.82, 2.24) is 20.1 Å². The maximum Gasteiger partial charge on any atom is 0.251 e. The molecule has 4 rings (SSSR count). The molecule has 0 unspecified atom stereocenters. The van der Waals surface area contributed by atoms with Gasteiger partial charge in [0.05, 0.1) is 17.2 Å². The van der Waals surface area contributed by atoms with Gasteiger partial charge in [0, 0.05) is 17.8 Å². The lowest BCUT2D eigenvalue weighted by Gasteiger charge is -2.10. The number of hydrogen-bond acceptors (Lipinski definition) is 6. The molecule has 0 saturated heterocycles. The molecule has 33 heavy (non-hydrogen) atoms. The second-order valence-corrected chi connectivity index (χ2v) is 9.02. The molecule has 0 aliphatic carbocycles. The van der Waals surface area contributed by atoms with Crippen molar-refractivity contribution in [3.63, 3.8) is 0 Å². The van der Waals surface area contributed by atoms with E-state index >= 15 is 0 Å². The third kappa shape index (κ3) is 5.88. The molecule has 168 valence electrons. The zero-order valence-electron chi connectivity index (χ0n) is 18.0. The number of hydrogen-bond donors (Lipinski definition) is 2.